The van der Waals surface area contributed by atoms with Crippen LogP contribution < -0.4 is 35.2 Å². The number of hydrogen-bond acceptors (Lipinski definition) is 2. The first-order chi connectivity index (χ1) is 5.61. The van der Waals surface area contributed by atoms with E-state index in [0.29, 0.717) is 4.47 Å². The molecule has 1 aromatic rings. The molecule has 0 atom stereocenters. The second-order valence-corrected chi connectivity index (χ2v) is 2.70. The second kappa shape index (κ2) is 5.81. The molecule has 0 amide bonds. The van der Waals surface area contributed by atoms with Crippen LogP contribution in [0, 0.1) is 0 Å². The first-order valence-electron chi connectivity index (χ1n) is 3.01. The molecule has 4 nitrogen and oxygen atoms in total. The minimum Gasteiger partial charge on any atom is -1.00 e. The van der Waals surface area contributed by atoms with Gasteiger partial charge in [-0.3, -0.25) is 9.78 Å². The Hall–Kier alpha value is 0.240. The highest BCUT2D eigenvalue weighted by Crippen LogP contribution is 1.95. The molecule has 0 unspecified atom stereocenters. The molecule has 0 saturated heterocycles. The van der Waals surface area contributed by atoms with E-state index in [0.717, 1.165) is 0 Å². The second-order valence-electron chi connectivity index (χ2n) is 1.85. The lowest BCUT2D eigenvalue weighted by Crippen LogP contribution is -3.00. The van der Waals surface area contributed by atoms with Crippen molar-refractivity contribution in [3.05, 3.63) is 31.5 Å². The zero-order valence-electron chi connectivity index (χ0n) is 7.04. The van der Waals surface area contributed by atoms with E-state index in [1.807, 2.05) is 0 Å². The van der Waals surface area contributed by atoms with Crippen LogP contribution in [0.1, 0.15) is 0 Å². The van der Waals surface area contributed by atoms with Crippen LogP contribution in [0.2, 0.25) is 0 Å². The number of H-pyrrole nitrogens is 1. The lowest BCUT2D eigenvalue weighted by molar-refractivity contribution is -0.00000233. The summed E-state index contributed by atoms with van der Waals surface area (Å²) < 4.78 is 7.08. The highest BCUT2D eigenvalue weighted by atomic mass is 127. The number of halogens is 2. The molecule has 0 aliphatic rings. The van der Waals surface area contributed by atoms with Crippen molar-refractivity contribution in [2.75, 3.05) is 0 Å². The van der Waals surface area contributed by atoms with Crippen LogP contribution in [0.3, 0.4) is 0 Å². The average Bonchev–Trinajstić information content (AvgIpc) is 2.05. The zero-order chi connectivity index (χ0) is 9.72. The van der Waals surface area contributed by atoms with Gasteiger partial charge in [-0.15, -0.1) is 0 Å². The van der Waals surface area contributed by atoms with Gasteiger partial charge in [0.1, 0.15) is 0 Å². The normalized spacial score (nSPS) is 8.75. The Balaban J connectivity index is 0. The molecule has 70 valence electrons. The average molecular weight is 368 g/mol. The molecule has 0 radical (unpaired) electrons. The predicted molar refractivity (Wildman–Crippen MR) is 50.4 cm³/mol. The van der Waals surface area contributed by atoms with Crippen molar-refractivity contribution >= 4 is 29.3 Å². The molecule has 0 spiro atoms. The largest absolute Gasteiger partial charge is 1.00 e. The number of nitrogens with one attached hydrogen (secondary N) is 1. The van der Waals surface area contributed by atoms with Crippen LogP contribution in [-0.4, -0.2) is 10.7 Å². The summed E-state index contributed by atoms with van der Waals surface area (Å²) in [6.07, 6.45) is 1.42. The first kappa shape index (κ1) is 12.2. The lowest BCUT2D eigenvalue weighted by Gasteiger charge is -1.93. The van der Waals surface area contributed by atoms with E-state index in [1.165, 1.54) is 10.8 Å². The van der Waals surface area contributed by atoms with E-state index >= 15 is 0 Å². The molecule has 0 aliphatic heterocycles. The van der Waals surface area contributed by atoms with Gasteiger partial charge in [0.15, 0.2) is 0 Å². The maximum Gasteiger partial charge on any atom is 0.328 e. The van der Waals surface area contributed by atoms with Crippen LogP contribution in [0.25, 0.3) is 0 Å². The van der Waals surface area contributed by atoms with Gasteiger partial charge in [0.05, 0.1) is 5.60 Å². The van der Waals surface area contributed by atoms with Gasteiger partial charge in [-0.05, 0) is 15.9 Å². The van der Waals surface area contributed by atoms with Gasteiger partial charge in [0.2, 0.25) is 0 Å². The third-order valence-corrected chi connectivity index (χ3v) is 1.63. The third kappa shape index (κ3) is 3.31. The van der Waals surface area contributed by atoms with Crippen LogP contribution >= 0.6 is 29.3 Å². The fourth-order valence-corrected chi connectivity index (χ4v) is 0.939. The van der Waals surface area contributed by atoms with E-state index in [4.69, 9.17) is 1.12 Å². The summed E-state index contributed by atoms with van der Waals surface area (Å²) in [5.41, 5.74) is -0.809. The molecule has 0 aromatic carbocycles. The Labute approximate surface area is 102 Å². The Kier molecular flexibility index (Phi) is 5.93. The molecular weight excluding hydrogens is 359 g/mol. The van der Waals surface area contributed by atoms with Gasteiger partial charge >= 0.3 is 5.69 Å². The molecule has 0 fully saturated rings. The number of aromatic nitrogens is 2. The summed E-state index contributed by atoms with van der Waals surface area (Å²) in [5, 5.41) is 0. The van der Waals surface area contributed by atoms with Gasteiger partial charge in [-0.2, -0.15) is 13.4 Å². The fraction of sp³-hybridized carbons (Fsp3) is 0.200. The monoisotopic (exact) mass is 367 g/mol. The van der Waals surface area contributed by atoms with E-state index in [-0.39, 0.29) is 24.0 Å². The van der Waals surface area contributed by atoms with Crippen molar-refractivity contribution in [1.29, 1.82) is 1.12 Å². The maximum atomic E-state index is 10.7. The van der Waals surface area contributed by atoms with Crippen LogP contribution in [0.5, 0.6) is 0 Å². The molecule has 1 rings (SSSR count). The molecule has 1 aromatic heterocycles. The summed E-state index contributed by atoms with van der Waals surface area (Å²) in [6, 6.07) is 0. The van der Waals surface area contributed by atoms with Gasteiger partial charge in [-0.25, -0.2) is 4.79 Å². The molecular formula is C5H7BrIN2O2S-. The summed E-state index contributed by atoms with van der Waals surface area (Å²) in [7, 11) is 1.56. The summed E-state index contributed by atoms with van der Waals surface area (Å²) in [4.78, 5) is 23.5. The lowest BCUT2D eigenvalue weighted by atomic mass is 10.6. The van der Waals surface area contributed by atoms with Crippen molar-refractivity contribution < 1.29 is 24.0 Å². The van der Waals surface area contributed by atoms with E-state index < -0.39 is 11.2 Å². The number of rotatable bonds is 0. The van der Waals surface area contributed by atoms with Gasteiger partial charge in [-0.1, -0.05) is 0 Å². The first-order valence-corrected chi connectivity index (χ1v) is 3.36. The third-order valence-electron chi connectivity index (χ3n) is 1.06. The summed E-state index contributed by atoms with van der Waals surface area (Å²) in [6.45, 7) is 0. The highest BCUT2D eigenvalue weighted by molar-refractivity contribution is 9.10. The van der Waals surface area contributed by atoms with E-state index in [2.05, 4.69) is 34.3 Å². The SMILES string of the molecule is Cn1cc(Br)c(=O)[nH]c1=O.[3H]S.[I-]. The fourth-order valence-electron chi connectivity index (χ4n) is 0.532. The molecule has 7 heteroatoms. The van der Waals surface area contributed by atoms with Crippen molar-refractivity contribution in [2.45, 2.75) is 0 Å². The molecule has 12 heavy (non-hydrogen) atoms. The van der Waals surface area contributed by atoms with Crippen LogP contribution in [-0.2, 0) is 7.05 Å². The Bertz CT molecular complexity index is 335. The quantitative estimate of drug-likeness (QED) is 0.495. The maximum absolute atomic E-state index is 10.7. The Morgan fingerprint density at radius 2 is 2.17 bits per heavy atom. The highest BCUT2D eigenvalue weighted by Gasteiger charge is 1.95. The number of nitrogens with zero attached hydrogens (tertiary/aromatic N) is 1. The van der Waals surface area contributed by atoms with Gasteiger partial charge in [0.25, 0.3) is 5.56 Å². The molecule has 0 aliphatic carbocycles. The topological polar surface area (TPSA) is 54.9 Å². The number of hydrogen-bond donors (Lipinski definition) is 1. The van der Waals surface area contributed by atoms with E-state index in [1.54, 1.807) is 7.05 Å². The van der Waals surface area contributed by atoms with Crippen LogP contribution in [0.15, 0.2) is 20.3 Å². The smallest absolute Gasteiger partial charge is 0.328 e. The Morgan fingerprint density at radius 1 is 1.67 bits per heavy atom. The Morgan fingerprint density at radius 3 is 2.58 bits per heavy atom. The zero-order valence-corrected chi connectivity index (χ0v) is 10.7. The van der Waals surface area contributed by atoms with E-state index in [9.17, 15) is 9.59 Å². The van der Waals surface area contributed by atoms with Gasteiger partial charge < -0.3 is 28.5 Å². The molecule has 1 heterocycles. The minimum absolute atomic E-state index is 0. The molecule has 1 N–H and O–H groups in total. The predicted octanol–water partition coefficient (Wildman–Crippen LogP) is -3.05. The number of aromatic amines is 1. The standard InChI is InChI=1S/C5H5BrN2O2.HI.H2S/c1-8-2-3(6)4(9)7-5(8)10;;/h2H,1H3,(H,7,9,10);1H;1H2/p-1/i/hT. The number of aryl methyl sites for hydroxylation is 1. The van der Waals surface area contributed by atoms with Gasteiger partial charge in [0, 0.05) is 13.2 Å². The van der Waals surface area contributed by atoms with Crippen molar-refractivity contribution in [3.63, 3.8) is 0 Å². The van der Waals surface area contributed by atoms with Crippen molar-refractivity contribution in [1.82, 2.24) is 9.55 Å². The van der Waals surface area contributed by atoms with Crippen LogP contribution in [0.4, 0.5) is 0 Å². The van der Waals surface area contributed by atoms with Crippen molar-refractivity contribution in [2.24, 2.45) is 7.05 Å². The molecule has 0 bridgehead atoms. The summed E-state index contributed by atoms with van der Waals surface area (Å²) in [5.74, 6) is 0. The summed E-state index contributed by atoms with van der Waals surface area (Å²) >= 11 is 5.75. The minimum atomic E-state index is -0.409. The van der Waals surface area contributed by atoms with Crippen molar-refractivity contribution in [3.8, 4) is 0 Å². The molecule has 0 saturated carbocycles.